The fourth-order valence-electron chi connectivity index (χ4n) is 4.54. The van der Waals surface area contributed by atoms with Crippen LogP contribution in [-0.2, 0) is 33.8 Å². The number of nitrogens with one attached hydrogen (secondary N) is 3. The van der Waals surface area contributed by atoms with Crippen LogP contribution in [0.15, 0.2) is 42.5 Å². The first-order chi connectivity index (χ1) is 18.7. The molecule has 0 saturated carbocycles. The van der Waals surface area contributed by atoms with Crippen LogP contribution in [0.2, 0.25) is 0 Å². The maximum atomic E-state index is 14.4. The maximum Gasteiger partial charge on any atom is 0.243 e. The van der Waals surface area contributed by atoms with Crippen LogP contribution < -0.4 is 26.4 Å². The lowest BCUT2D eigenvalue weighted by atomic mass is 9.99. The molecule has 39 heavy (non-hydrogen) atoms. The zero-order valence-electron chi connectivity index (χ0n) is 22.4. The number of benzene rings is 2. The number of hydrogen-bond acceptors (Lipinski definition) is 6. The van der Waals surface area contributed by atoms with Gasteiger partial charge in [0.1, 0.15) is 17.6 Å². The van der Waals surface area contributed by atoms with Crippen LogP contribution in [0.3, 0.4) is 0 Å². The first kappa shape index (κ1) is 30.0. The average Bonchev–Trinajstić information content (AvgIpc) is 2.89. The number of primary amides is 1. The van der Waals surface area contributed by atoms with Crippen LogP contribution in [-0.4, -0.2) is 54.2 Å². The molecule has 1 aliphatic rings. The summed E-state index contributed by atoms with van der Waals surface area (Å²) in [5.74, 6) is -1.90. The summed E-state index contributed by atoms with van der Waals surface area (Å²) in [6.07, 6.45) is 1.64. The summed E-state index contributed by atoms with van der Waals surface area (Å²) in [5, 5.41) is 19.7. The highest BCUT2D eigenvalue weighted by atomic mass is 19.1. The summed E-state index contributed by atoms with van der Waals surface area (Å²) < 4.78 is 20.1. The molecule has 0 aromatic heterocycles. The molecular formula is C29H39FN4O5. The predicted molar refractivity (Wildman–Crippen MR) is 145 cm³/mol. The Morgan fingerprint density at radius 1 is 1.15 bits per heavy atom. The Kier molecular flexibility index (Phi) is 11.7. The van der Waals surface area contributed by atoms with E-state index in [-0.39, 0.29) is 31.7 Å². The minimum atomic E-state index is -1.19. The molecule has 9 nitrogen and oxygen atoms in total. The lowest BCUT2D eigenvalue weighted by molar-refractivity contribution is -0.132. The highest BCUT2D eigenvalue weighted by molar-refractivity contribution is 5.91. The summed E-state index contributed by atoms with van der Waals surface area (Å²) in [6.45, 7) is 3.07. The number of fused-ring (bicyclic) bond motifs is 2. The number of aliphatic hydroxyl groups is 1. The molecule has 0 spiro atoms. The Bertz CT molecular complexity index is 1130. The van der Waals surface area contributed by atoms with Crippen molar-refractivity contribution in [3.63, 3.8) is 0 Å². The van der Waals surface area contributed by atoms with E-state index in [4.69, 9.17) is 10.5 Å². The van der Waals surface area contributed by atoms with Gasteiger partial charge in [0.05, 0.1) is 25.2 Å². The number of aliphatic hydroxyl groups excluding tert-OH is 1. The van der Waals surface area contributed by atoms with E-state index in [0.717, 1.165) is 12.0 Å². The highest BCUT2D eigenvalue weighted by Crippen LogP contribution is 2.20. The number of amides is 3. The van der Waals surface area contributed by atoms with Crippen molar-refractivity contribution in [2.24, 2.45) is 5.73 Å². The van der Waals surface area contributed by atoms with E-state index < -0.39 is 35.8 Å². The van der Waals surface area contributed by atoms with Gasteiger partial charge in [-0.1, -0.05) is 31.2 Å². The quantitative estimate of drug-likeness (QED) is 0.345. The standard InChI is InChI=1S/C29H39FN4O5/c1-2-19-7-6-8-20(11-19)17-32-18-26(35)24-14-21-12-22(30)15-23(13-21)39-10-5-3-4-9-28(37)33-25(16-27(31)36)29(38)34-24/h6-8,11-13,15,24-26,32,35H,2-5,9-10,14,16-18H2,1H3,(H2,31,36)(H,33,37)(H,34,38). The molecule has 3 rings (SSSR count). The van der Waals surface area contributed by atoms with Gasteiger partial charge in [0.25, 0.3) is 0 Å². The molecule has 0 aliphatic carbocycles. The number of hydrogen-bond donors (Lipinski definition) is 5. The third kappa shape index (κ3) is 10.3. The van der Waals surface area contributed by atoms with Crippen LogP contribution in [0.25, 0.3) is 0 Å². The zero-order chi connectivity index (χ0) is 28.2. The first-order valence-electron chi connectivity index (χ1n) is 13.5. The van der Waals surface area contributed by atoms with Gasteiger partial charge in [-0.15, -0.1) is 0 Å². The van der Waals surface area contributed by atoms with Crippen LogP contribution in [0.4, 0.5) is 4.39 Å². The largest absolute Gasteiger partial charge is 0.493 e. The Morgan fingerprint density at radius 2 is 1.95 bits per heavy atom. The summed E-state index contributed by atoms with van der Waals surface area (Å²) in [6, 6.07) is 10.4. The Morgan fingerprint density at radius 3 is 2.72 bits per heavy atom. The van der Waals surface area contributed by atoms with Gasteiger partial charge >= 0.3 is 0 Å². The van der Waals surface area contributed by atoms with Crippen molar-refractivity contribution in [1.29, 1.82) is 0 Å². The van der Waals surface area contributed by atoms with Crippen molar-refractivity contribution in [1.82, 2.24) is 16.0 Å². The first-order valence-corrected chi connectivity index (χ1v) is 13.5. The van der Waals surface area contributed by atoms with Crippen molar-refractivity contribution < 1.29 is 28.6 Å². The van der Waals surface area contributed by atoms with Crippen molar-refractivity contribution in [3.05, 3.63) is 65.0 Å². The van der Waals surface area contributed by atoms with Gasteiger partial charge in [-0.2, -0.15) is 0 Å². The van der Waals surface area contributed by atoms with E-state index in [1.54, 1.807) is 6.07 Å². The van der Waals surface area contributed by atoms with E-state index in [9.17, 15) is 23.9 Å². The van der Waals surface area contributed by atoms with Gasteiger partial charge in [-0.05, 0) is 60.9 Å². The Balaban J connectivity index is 1.80. The number of aryl methyl sites for hydroxylation is 1. The van der Waals surface area contributed by atoms with Crippen molar-refractivity contribution in [3.8, 4) is 5.75 Å². The van der Waals surface area contributed by atoms with Crippen LogP contribution in [0.1, 0.15) is 55.7 Å². The fourth-order valence-corrected chi connectivity index (χ4v) is 4.54. The lowest BCUT2D eigenvalue weighted by Crippen LogP contribution is -2.55. The molecule has 0 saturated heterocycles. The maximum absolute atomic E-state index is 14.4. The second kappa shape index (κ2) is 15.2. The van der Waals surface area contributed by atoms with Crippen LogP contribution in [0.5, 0.6) is 5.75 Å². The summed E-state index contributed by atoms with van der Waals surface area (Å²) in [7, 11) is 0. The molecule has 1 aliphatic heterocycles. The van der Waals surface area contributed by atoms with Gasteiger partial charge in [0, 0.05) is 25.6 Å². The molecule has 3 atom stereocenters. The fraction of sp³-hybridized carbons (Fsp3) is 0.483. The third-order valence-corrected chi connectivity index (χ3v) is 6.63. The monoisotopic (exact) mass is 542 g/mol. The van der Waals surface area contributed by atoms with Crippen LogP contribution in [0, 0.1) is 5.82 Å². The van der Waals surface area contributed by atoms with Crippen LogP contribution >= 0.6 is 0 Å². The van der Waals surface area contributed by atoms with Gasteiger partial charge in [0.15, 0.2) is 0 Å². The smallest absolute Gasteiger partial charge is 0.243 e. The number of carbonyl (C=O) groups excluding carboxylic acids is 3. The van der Waals surface area contributed by atoms with Gasteiger partial charge < -0.3 is 31.5 Å². The summed E-state index contributed by atoms with van der Waals surface area (Å²) in [4.78, 5) is 37.3. The molecule has 1 heterocycles. The Labute approximate surface area is 228 Å². The summed E-state index contributed by atoms with van der Waals surface area (Å²) >= 11 is 0. The number of halogens is 1. The molecule has 2 aromatic carbocycles. The average molecular weight is 543 g/mol. The highest BCUT2D eigenvalue weighted by Gasteiger charge is 2.28. The minimum Gasteiger partial charge on any atom is -0.493 e. The summed E-state index contributed by atoms with van der Waals surface area (Å²) in [5.41, 5.74) is 8.12. The van der Waals surface area contributed by atoms with Crippen molar-refractivity contribution in [2.45, 2.75) is 76.6 Å². The predicted octanol–water partition coefficient (Wildman–Crippen LogP) is 1.88. The molecule has 212 valence electrons. The second-order valence-electron chi connectivity index (χ2n) is 9.94. The SMILES string of the molecule is CCc1cccc(CNCC(O)C2Cc3cc(F)cc(c3)OCCCCCC(=O)NC(CC(N)=O)C(=O)N2)c1. The Hall–Kier alpha value is -3.50. The lowest BCUT2D eigenvalue weighted by Gasteiger charge is -2.27. The van der Waals surface area contributed by atoms with Gasteiger partial charge in [0.2, 0.25) is 17.7 Å². The van der Waals surface area contributed by atoms with Gasteiger partial charge in [-0.25, -0.2) is 4.39 Å². The molecule has 2 bridgehead atoms. The van der Waals surface area contributed by atoms with E-state index in [1.807, 2.05) is 18.2 Å². The molecule has 0 radical (unpaired) electrons. The molecule has 3 amide bonds. The molecule has 6 N–H and O–H groups in total. The minimum absolute atomic E-state index is 0.0886. The third-order valence-electron chi connectivity index (χ3n) is 6.63. The normalized spacial score (nSPS) is 19.9. The number of nitrogens with two attached hydrogens (primary N) is 1. The second-order valence-corrected chi connectivity index (χ2v) is 9.94. The molecule has 2 aromatic rings. The van der Waals surface area contributed by atoms with Crippen molar-refractivity contribution in [2.75, 3.05) is 13.2 Å². The van der Waals surface area contributed by atoms with E-state index in [0.29, 0.717) is 43.7 Å². The molecule has 0 fully saturated rings. The molecule has 3 unspecified atom stereocenters. The number of rotatable bonds is 8. The van der Waals surface area contributed by atoms with E-state index in [1.165, 1.54) is 17.7 Å². The molecule has 10 heteroatoms. The number of carbonyl (C=O) groups is 3. The topological polar surface area (TPSA) is 143 Å². The van der Waals surface area contributed by atoms with Gasteiger partial charge in [-0.3, -0.25) is 14.4 Å². The zero-order valence-corrected chi connectivity index (χ0v) is 22.4. The number of ether oxygens (including phenoxy) is 1. The van der Waals surface area contributed by atoms with E-state index >= 15 is 0 Å². The van der Waals surface area contributed by atoms with Crippen molar-refractivity contribution >= 4 is 17.7 Å². The van der Waals surface area contributed by atoms with E-state index in [2.05, 4.69) is 28.9 Å². The molecular weight excluding hydrogens is 503 g/mol.